The Kier molecular flexibility index (Phi) is 7.46. The van der Waals surface area contributed by atoms with Crippen molar-refractivity contribution in [1.29, 1.82) is 0 Å². The van der Waals surface area contributed by atoms with Crippen LogP contribution in [0.4, 0.5) is 4.79 Å². The molecule has 0 fully saturated rings. The molecule has 3 aromatic carbocycles. The van der Waals surface area contributed by atoms with Gasteiger partial charge in [0.05, 0.1) is 0 Å². The number of amides is 3. The van der Waals surface area contributed by atoms with Gasteiger partial charge in [-0.25, -0.2) is 4.79 Å². The van der Waals surface area contributed by atoms with Crippen LogP contribution in [0.1, 0.15) is 32.6 Å². The molecule has 0 saturated heterocycles. The van der Waals surface area contributed by atoms with Gasteiger partial charge in [0.1, 0.15) is 0 Å². The predicted octanol–water partition coefficient (Wildman–Crippen LogP) is 4.58. The number of benzene rings is 3. The Morgan fingerprint density at radius 2 is 1.33 bits per heavy atom. The smallest absolute Gasteiger partial charge is 0.315 e. The summed E-state index contributed by atoms with van der Waals surface area (Å²) >= 11 is 5.93. The lowest BCUT2D eigenvalue weighted by Crippen LogP contribution is -2.34. The molecule has 5 nitrogen and oxygen atoms in total. The molecule has 6 heteroatoms. The van der Waals surface area contributed by atoms with E-state index in [4.69, 9.17) is 11.6 Å². The van der Waals surface area contributed by atoms with Crippen molar-refractivity contribution >= 4 is 23.5 Å². The van der Waals surface area contributed by atoms with E-state index in [-0.39, 0.29) is 11.9 Å². The molecule has 0 unspecified atom stereocenters. The van der Waals surface area contributed by atoms with Crippen LogP contribution >= 0.6 is 11.6 Å². The minimum absolute atomic E-state index is 0.184. The second-order valence-electron chi connectivity index (χ2n) is 7.03. The average molecular weight is 422 g/mol. The van der Waals surface area contributed by atoms with Crippen molar-refractivity contribution in [2.75, 3.05) is 0 Å². The van der Waals surface area contributed by atoms with Gasteiger partial charge in [0.2, 0.25) is 0 Å². The number of hydrogen-bond donors (Lipinski definition) is 3. The molecule has 0 spiro atoms. The zero-order valence-electron chi connectivity index (χ0n) is 16.7. The number of halogens is 1. The quantitative estimate of drug-likeness (QED) is 0.522. The molecule has 154 valence electrons. The second kappa shape index (κ2) is 10.5. The average Bonchev–Trinajstić information content (AvgIpc) is 2.76. The fourth-order valence-corrected chi connectivity index (χ4v) is 3.09. The number of rotatable bonds is 7. The van der Waals surface area contributed by atoms with Crippen molar-refractivity contribution < 1.29 is 9.59 Å². The van der Waals surface area contributed by atoms with Gasteiger partial charge in [-0.15, -0.1) is 0 Å². The van der Waals surface area contributed by atoms with Crippen LogP contribution in [0.3, 0.4) is 0 Å². The van der Waals surface area contributed by atoms with Gasteiger partial charge in [-0.1, -0.05) is 71.8 Å². The maximum atomic E-state index is 12.2. The Hall–Kier alpha value is -3.31. The number of aryl methyl sites for hydroxylation is 1. The summed E-state index contributed by atoms with van der Waals surface area (Å²) in [5, 5.41) is 9.11. The van der Waals surface area contributed by atoms with E-state index in [2.05, 4.69) is 16.0 Å². The summed E-state index contributed by atoms with van der Waals surface area (Å²) in [6.45, 7) is 3.29. The lowest BCUT2D eigenvalue weighted by molar-refractivity contribution is 0.0951. The standard InChI is InChI=1S/C24H24ClN3O2/c1-17-8-10-18(11-9-17)14-27-24(30)28-16-20-5-2-4-19(12-20)15-26-23(29)21-6-3-7-22(25)13-21/h2-13H,14-16H2,1H3,(H,26,29)(H2,27,28,30). The molecule has 0 radical (unpaired) electrons. The van der Waals surface area contributed by atoms with Crippen LogP contribution in [-0.4, -0.2) is 11.9 Å². The van der Waals surface area contributed by atoms with Gasteiger partial charge in [0.25, 0.3) is 5.91 Å². The number of carbonyl (C=O) groups is 2. The fraction of sp³-hybridized carbons (Fsp3) is 0.167. The first-order valence-corrected chi connectivity index (χ1v) is 10.1. The topological polar surface area (TPSA) is 70.2 Å². The third-order valence-corrected chi connectivity index (χ3v) is 4.79. The summed E-state index contributed by atoms with van der Waals surface area (Å²) in [6, 6.07) is 22.4. The normalized spacial score (nSPS) is 10.3. The molecule has 0 aromatic heterocycles. The minimum atomic E-state index is -0.227. The van der Waals surface area contributed by atoms with Gasteiger partial charge in [-0.05, 0) is 41.8 Å². The van der Waals surface area contributed by atoms with Gasteiger partial charge in [-0.2, -0.15) is 0 Å². The van der Waals surface area contributed by atoms with E-state index in [1.165, 1.54) is 5.56 Å². The first kappa shape index (κ1) is 21.4. The molecule has 0 aliphatic carbocycles. The summed E-state index contributed by atoms with van der Waals surface area (Å²) in [5.41, 5.74) is 4.66. The Morgan fingerprint density at radius 3 is 2.00 bits per heavy atom. The van der Waals surface area contributed by atoms with E-state index in [9.17, 15) is 9.59 Å². The molecule has 0 atom stereocenters. The molecule has 0 heterocycles. The first-order chi connectivity index (χ1) is 14.5. The fourth-order valence-electron chi connectivity index (χ4n) is 2.90. The van der Waals surface area contributed by atoms with E-state index in [1.54, 1.807) is 24.3 Å². The van der Waals surface area contributed by atoms with Crippen molar-refractivity contribution in [2.45, 2.75) is 26.6 Å². The van der Waals surface area contributed by atoms with Gasteiger partial charge in [0, 0.05) is 30.2 Å². The monoisotopic (exact) mass is 421 g/mol. The van der Waals surface area contributed by atoms with Crippen molar-refractivity contribution in [3.63, 3.8) is 0 Å². The molecular formula is C24H24ClN3O2. The van der Waals surface area contributed by atoms with Gasteiger partial charge < -0.3 is 16.0 Å². The molecule has 3 N–H and O–H groups in total. The third-order valence-electron chi connectivity index (χ3n) is 4.56. The summed E-state index contributed by atoms with van der Waals surface area (Å²) in [6.07, 6.45) is 0. The van der Waals surface area contributed by atoms with Gasteiger partial charge >= 0.3 is 6.03 Å². The minimum Gasteiger partial charge on any atom is -0.348 e. The Labute approximate surface area is 181 Å². The number of carbonyl (C=O) groups excluding carboxylic acids is 2. The molecule has 3 aromatic rings. The van der Waals surface area contributed by atoms with Crippen LogP contribution in [0.5, 0.6) is 0 Å². The Balaban J connectivity index is 1.46. The lowest BCUT2D eigenvalue weighted by Gasteiger charge is -2.10. The van der Waals surface area contributed by atoms with Crippen LogP contribution in [0, 0.1) is 6.92 Å². The third kappa shape index (κ3) is 6.64. The van der Waals surface area contributed by atoms with Crippen molar-refractivity contribution in [2.24, 2.45) is 0 Å². The summed E-state index contributed by atoms with van der Waals surface area (Å²) in [4.78, 5) is 24.3. The van der Waals surface area contributed by atoms with E-state index in [1.807, 2.05) is 55.5 Å². The molecular weight excluding hydrogens is 398 g/mol. The highest BCUT2D eigenvalue weighted by molar-refractivity contribution is 6.30. The van der Waals surface area contributed by atoms with Gasteiger partial charge in [-0.3, -0.25) is 4.79 Å². The number of nitrogens with one attached hydrogen (secondary N) is 3. The van der Waals surface area contributed by atoms with Crippen molar-refractivity contribution in [3.8, 4) is 0 Å². The molecule has 3 rings (SSSR count). The van der Waals surface area contributed by atoms with E-state index >= 15 is 0 Å². The zero-order chi connectivity index (χ0) is 21.3. The van der Waals surface area contributed by atoms with Crippen LogP contribution in [0.25, 0.3) is 0 Å². The lowest BCUT2D eigenvalue weighted by atomic mass is 10.1. The maximum absolute atomic E-state index is 12.2. The van der Waals surface area contributed by atoms with Crippen LogP contribution in [-0.2, 0) is 19.6 Å². The number of hydrogen-bond acceptors (Lipinski definition) is 2. The molecule has 0 saturated carbocycles. The van der Waals surface area contributed by atoms with Gasteiger partial charge in [0.15, 0.2) is 0 Å². The van der Waals surface area contributed by atoms with Crippen LogP contribution in [0.2, 0.25) is 5.02 Å². The number of urea groups is 1. The van der Waals surface area contributed by atoms with Crippen molar-refractivity contribution in [1.82, 2.24) is 16.0 Å². The van der Waals surface area contributed by atoms with Crippen LogP contribution < -0.4 is 16.0 Å². The van der Waals surface area contributed by atoms with E-state index in [0.29, 0.717) is 30.2 Å². The summed E-state index contributed by atoms with van der Waals surface area (Å²) in [7, 11) is 0. The predicted molar refractivity (Wildman–Crippen MR) is 119 cm³/mol. The SMILES string of the molecule is Cc1ccc(CNC(=O)NCc2cccc(CNC(=O)c3cccc(Cl)c3)c2)cc1. The first-order valence-electron chi connectivity index (χ1n) is 9.68. The van der Waals surface area contributed by atoms with Crippen LogP contribution in [0.15, 0.2) is 72.8 Å². The molecule has 0 aliphatic rings. The molecule has 3 amide bonds. The van der Waals surface area contributed by atoms with E-state index < -0.39 is 0 Å². The zero-order valence-corrected chi connectivity index (χ0v) is 17.5. The Morgan fingerprint density at radius 1 is 0.733 bits per heavy atom. The highest BCUT2D eigenvalue weighted by Crippen LogP contribution is 2.11. The molecule has 0 aliphatic heterocycles. The highest BCUT2D eigenvalue weighted by atomic mass is 35.5. The summed E-state index contributed by atoms with van der Waals surface area (Å²) < 4.78 is 0. The molecule has 0 bridgehead atoms. The van der Waals surface area contributed by atoms with Crippen molar-refractivity contribution in [3.05, 3.63) is 106 Å². The summed E-state index contributed by atoms with van der Waals surface area (Å²) in [5.74, 6) is -0.184. The van der Waals surface area contributed by atoms with E-state index in [0.717, 1.165) is 16.7 Å². The molecule has 30 heavy (non-hydrogen) atoms. The maximum Gasteiger partial charge on any atom is 0.315 e. The Bertz CT molecular complexity index is 1020. The highest BCUT2D eigenvalue weighted by Gasteiger charge is 2.06. The second-order valence-corrected chi connectivity index (χ2v) is 7.47. The largest absolute Gasteiger partial charge is 0.348 e.